The van der Waals surface area contributed by atoms with Crippen molar-refractivity contribution in [3.05, 3.63) is 24.0 Å². The molecule has 0 amide bonds. The highest BCUT2D eigenvalue weighted by atomic mass is 19.1. The van der Waals surface area contributed by atoms with Crippen LogP contribution < -0.4 is 10.1 Å². The molecule has 1 aromatic carbocycles. The summed E-state index contributed by atoms with van der Waals surface area (Å²) in [6, 6.07) is 5.41. The molecule has 0 atom stereocenters. The van der Waals surface area contributed by atoms with Gasteiger partial charge < -0.3 is 15.0 Å². The van der Waals surface area contributed by atoms with Crippen LogP contribution in [-0.4, -0.2) is 37.7 Å². The third-order valence-corrected chi connectivity index (χ3v) is 3.56. The molecule has 1 saturated heterocycles. The van der Waals surface area contributed by atoms with Gasteiger partial charge in [0.25, 0.3) is 0 Å². The first-order valence-corrected chi connectivity index (χ1v) is 6.55. The summed E-state index contributed by atoms with van der Waals surface area (Å²) >= 11 is 0. The second kappa shape index (κ2) is 6.05. The summed E-state index contributed by atoms with van der Waals surface area (Å²) in [7, 11) is 1.49. The van der Waals surface area contributed by atoms with Crippen LogP contribution in [0.3, 0.4) is 0 Å². The summed E-state index contributed by atoms with van der Waals surface area (Å²) in [6.45, 7) is 5.58. The number of rotatable bonds is 4. The number of halogens is 1. The number of hydrogen-bond acceptors (Lipinski definition) is 3. The molecule has 18 heavy (non-hydrogen) atoms. The van der Waals surface area contributed by atoms with Crippen molar-refractivity contribution < 1.29 is 9.13 Å². The van der Waals surface area contributed by atoms with Crippen LogP contribution >= 0.6 is 0 Å². The van der Waals surface area contributed by atoms with Gasteiger partial charge in [0.15, 0.2) is 11.6 Å². The zero-order chi connectivity index (χ0) is 13.0. The number of ether oxygens (including phenoxy) is 1. The van der Waals surface area contributed by atoms with Crippen molar-refractivity contribution in [3.8, 4) is 5.75 Å². The van der Waals surface area contributed by atoms with Gasteiger partial charge in [-0.05, 0) is 31.5 Å². The van der Waals surface area contributed by atoms with E-state index in [9.17, 15) is 4.39 Å². The number of nitrogens with zero attached hydrogens (tertiary/aromatic N) is 1. The molecule has 0 saturated carbocycles. The maximum absolute atomic E-state index is 13.3. The van der Waals surface area contributed by atoms with Gasteiger partial charge in [0, 0.05) is 30.9 Å². The summed E-state index contributed by atoms with van der Waals surface area (Å²) in [4.78, 5) is 2.45. The quantitative estimate of drug-likeness (QED) is 0.891. The normalized spacial score (nSPS) is 17.7. The first-order chi connectivity index (χ1) is 8.72. The monoisotopic (exact) mass is 252 g/mol. The lowest BCUT2D eigenvalue weighted by molar-refractivity contribution is 0.229. The van der Waals surface area contributed by atoms with E-state index in [-0.39, 0.29) is 5.82 Å². The fraction of sp³-hybridized carbons (Fsp3) is 0.571. The average Bonchev–Trinajstić information content (AvgIpc) is 2.42. The number of hydrogen-bond donors (Lipinski definition) is 1. The number of benzene rings is 1. The van der Waals surface area contributed by atoms with Gasteiger partial charge in [0.1, 0.15) is 0 Å². The van der Waals surface area contributed by atoms with E-state index in [1.54, 1.807) is 12.1 Å². The number of piperidine rings is 1. The lowest BCUT2D eigenvalue weighted by Crippen LogP contribution is -2.38. The lowest BCUT2D eigenvalue weighted by atomic mass is 10.0. The molecule has 1 fully saturated rings. The van der Waals surface area contributed by atoms with E-state index in [4.69, 9.17) is 4.74 Å². The van der Waals surface area contributed by atoms with Crippen molar-refractivity contribution in [2.24, 2.45) is 0 Å². The highest BCUT2D eigenvalue weighted by molar-refractivity contribution is 5.49. The van der Waals surface area contributed by atoms with Crippen molar-refractivity contribution in [3.63, 3.8) is 0 Å². The Morgan fingerprint density at radius 3 is 2.72 bits per heavy atom. The van der Waals surface area contributed by atoms with Gasteiger partial charge in [-0.25, -0.2) is 4.39 Å². The highest BCUT2D eigenvalue weighted by Crippen LogP contribution is 2.23. The Morgan fingerprint density at radius 1 is 1.39 bits per heavy atom. The van der Waals surface area contributed by atoms with E-state index < -0.39 is 0 Å². The summed E-state index contributed by atoms with van der Waals surface area (Å²) in [5.41, 5.74) is 0.934. The topological polar surface area (TPSA) is 24.5 Å². The zero-order valence-electron chi connectivity index (χ0n) is 11.1. The van der Waals surface area contributed by atoms with E-state index in [0.29, 0.717) is 11.8 Å². The Morgan fingerprint density at radius 2 is 2.11 bits per heavy atom. The Balaban J connectivity index is 1.94. The van der Waals surface area contributed by atoms with Gasteiger partial charge in [-0.1, -0.05) is 6.92 Å². The van der Waals surface area contributed by atoms with Gasteiger partial charge in [0.05, 0.1) is 7.11 Å². The Kier molecular flexibility index (Phi) is 4.42. The van der Waals surface area contributed by atoms with Gasteiger partial charge >= 0.3 is 0 Å². The Labute approximate surface area is 108 Å². The molecule has 1 aromatic rings. The average molecular weight is 252 g/mol. The molecular formula is C14H21FN2O. The van der Waals surface area contributed by atoms with E-state index in [0.717, 1.165) is 38.2 Å². The second-order valence-corrected chi connectivity index (χ2v) is 4.70. The molecule has 3 nitrogen and oxygen atoms in total. The minimum Gasteiger partial charge on any atom is -0.494 e. The van der Waals surface area contributed by atoms with Crippen LogP contribution in [0.2, 0.25) is 0 Å². The van der Waals surface area contributed by atoms with E-state index in [2.05, 4.69) is 17.1 Å². The molecule has 0 bridgehead atoms. The SMILES string of the molecule is CCN1CCC(Nc2ccc(F)c(OC)c2)CC1. The molecular weight excluding hydrogens is 231 g/mol. The van der Waals surface area contributed by atoms with Crippen LogP contribution in [-0.2, 0) is 0 Å². The number of anilines is 1. The zero-order valence-corrected chi connectivity index (χ0v) is 11.1. The standard InChI is InChI=1S/C14H21FN2O/c1-3-17-8-6-11(7-9-17)16-12-4-5-13(15)14(10-12)18-2/h4-5,10-11,16H,3,6-9H2,1-2H3. The molecule has 4 heteroatoms. The third-order valence-electron chi connectivity index (χ3n) is 3.56. The van der Waals surface area contributed by atoms with Crippen LogP contribution in [0.25, 0.3) is 0 Å². The van der Waals surface area contributed by atoms with Gasteiger partial charge in [-0.2, -0.15) is 0 Å². The summed E-state index contributed by atoms with van der Waals surface area (Å²) in [5.74, 6) is -0.0187. The van der Waals surface area contributed by atoms with E-state index in [1.807, 2.05) is 0 Å². The largest absolute Gasteiger partial charge is 0.494 e. The summed E-state index contributed by atoms with van der Waals surface area (Å²) in [5, 5.41) is 3.45. The summed E-state index contributed by atoms with van der Waals surface area (Å²) < 4.78 is 18.3. The molecule has 0 aromatic heterocycles. The van der Waals surface area contributed by atoms with Crippen LogP contribution in [0.4, 0.5) is 10.1 Å². The second-order valence-electron chi connectivity index (χ2n) is 4.70. The molecule has 0 unspecified atom stereocenters. The lowest BCUT2D eigenvalue weighted by Gasteiger charge is -2.32. The Bertz CT molecular complexity index is 389. The minimum absolute atomic E-state index is 0.297. The molecule has 1 aliphatic heterocycles. The molecule has 1 aliphatic rings. The smallest absolute Gasteiger partial charge is 0.165 e. The highest BCUT2D eigenvalue weighted by Gasteiger charge is 2.18. The molecule has 2 rings (SSSR count). The van der Waals surface area contributed by atoms with Crippen molar-refractivity contribution in [2.75, 3.05) is 32.1 Å². The van der Waals surface area contributed by atoms with Crippen LogP contribution in [0.15, 0.2) is 18.2 Å². The third kappa shape index (κ3) is 3.13. The van der Waals surface area contributed by atoms with Gasteiger partial charge in [-0.3, -0.25) is 0 Å². The van der Waals surface area contributed by atoms with Crippen molar-refractivity contribution in [1.82, 2.24) is 4.90 Å². The van der Waals surface area contributed by atoms with Crippen LogP contribution in [0.5, 0.6) is 5.75 Å². The van der Waals surface area contributed by atoms with Crippen LogP contribution in [0.1, 0.15) is 19.8 Å². The molecule has 0 radical (unpaired) electrons. The number of likely N-dealkylation sites (tertiary alicyclic amines) is 1. The number of methoxy groups -OCH3 is 1. The first-order valence-electron chi connectivity index (χ1n) is 6.55. The van der Waals surface area contributed by atoms with Crippen molar-refractivity contribution in [1.29, 1.82) is 0 Å². The maximum Gasteiger partial charge on any atom is 0.165 e. The maximum atomic E-state index is 13.3. The molecule has 0 aliphatic carbocycles. The minimum atomic E-state index is -0.316. The van der Waals surface area contributed by atoms with Crippen molar-refractivity contribution >= 4 is 5.69 Å². The van der Waals surface area contributed by atoms with Crippen LogP contribution in [0, 0.1) is 5.82 Å². The molecule has 0 spiro atoms. The predicted octanol–water partition coefficient (Wildman–Crippen LogP) is 2.73. The predicted molar refractivity (Wildman–Crippen MR) is 71.7 cm³/mol. The van der Waals surface area contributed by atoms with Gasteiger partial charge in [-0.15, -0.1) is 0 Å². The van der Waals surface area contributed by atoms with E-state index >= 15 is 0 Å². The summed E-state index contributed by atoms with van der Waals surface area (Å²) in [6.07, 6.45) is 2.26. The Hall–Kier alpha value is -1.29. The fourth-order valence-electron chi connectivity index (χ4n) is 2.38. The molecule has 1 heterocycles. The molecule has 100 valence electrons. The fourth-order valence-corrected chi connectivity index (χ4v) is 2.38. The number of nitrogens with one attached hydrogen (secondary N) is 1. The van der Waals surface area contributed by atoms with E-state index in [1.165, 1.54) is 13.2 Å². The van der Waals surface area contributed by atoms with Crippen molar-refractivity contribution in [2.45, 2.75) is 25.8 Å². The van der Waals surface area contributed by atoms with Gasteiger partial charge in [0.2, 0.25) is 0 Å². The molecule has 1 N–H and O–H groups in total. The first kappa shape index (κ1) is 13.1.